The summed E-state index contributed by atoms with van der Waals surface area (Å²) >= 11 is 6.10. The number of phenols is 1. The molecular formula is C12H13ClN2O. The highest BCUT2D eigenvalue weighted by Gasteiger charge is 2.10. The van der Waals surface area contributed by atoms with Crippen LogP contribution in [0.3, 0.4) is 0 Å². The molecule has 0 saturated heterocycles. The van der Waals surface area contributed by atoms with Crippen LogP contribution in [-0.2, 0) is 0 Å². The standard InChI is InChI=1S/C12H13ClN2O/c1-8(2)11-7-12(13)15(14-11)9-3-5-10(16)6-4-9/h3-8,16H,1-2H3. The summed E-state index contributed by atoms with van der Waals surface area (Å²) in [5, 5.41) is 14.2. The van der Waals surface area contributed by atoms with Gasteiger partial charge >= 0.3 is 0 Å². The van der Waals surface area contributed by atoms with Gasteiger partial charge in [0.2, 0.25) is 0 Å². The van der Waals surface area contributed by atoms with Crippen molar-refractivity contribution in [1.82, 2.24) is 9.78 Å². The second-order valence-corrected chi connectivity index (χ2v) is 4.36. The van der Waals surface area contributed by atoms with E-state index in [1.54, 1.807) is 28.9 Å². The average molecular weight is 237 g/mol. The second kappa shape index (κ2) is 4.18. The molecule has 0 atom stereocenters. The third-order valence-electron chi connectivity index (χ3n) is 2.37. The van der Waals surface area contributed by atoms with E-state index in [1.807, 2.05) is 6.07 Å². The summed E-state index contributed by atoms with van der Waals surface area (Å²) < 4.78 is 1.66. The highest BCUT2D eigenvalue weighted by Crippen LogP contribution is 2.22. The van der Waals surface area contributed by atoms with Crippen molar-refractivity contribution in [3.05, 3.63) is 41.2 Å². The lowest BCUT2D eigenvalue weighted by molar-refractivity contribution is 0.475. The van der Waals surface area contributed by atoms with Crippen LogP contribution in [0.4, 0.5) is 0 Å². The maximum Gasteiger partial charge on any atom is 0.133 e. The molecule has 1 aromatic heterocycles. The Morgan fingerprint density at radius 3 is 2.38 bits per heavy atom. The molecule has 0 spiro atoms. The van der Waals surface area contributed by atoms with Gasteiger partial charge in [0.05, 0.1) is 11.4 Å². The first kappa shape index (κ1) is 11.0. The van der Waals surface area contributed by atoms with Crippen LogP contribution in [0.1, 0.15) is 25.5 Å². The van der Waals surface area contributed by atoms with Crippen molar-refractivity contribution in [3.8, 4) is 11.4 Å². The predicted octanol–water partition coefficient (Wildman–Crippen LogP) is 3.35. The van der Waals surface area contributed by atoms with Gasteiger partial charge in [0, 0.05) is 0 Å². The molecular weight excluding hydrogens is 224 g/mol. The largest absolute Gasteiger partial charge is 0.508 e. The van der Waals surface area contributed by atoms with Gasteiger partial charge in [-0.25, -0.2) is 4.68 Å². The van der Waals surface area contributed by atoms with Gasteiger partial charge in [-0.1, -0.05) is 25.4 Å². The lowest BCUT2D eigenvalue weighted by Crippen LogP contribution is -1.97. The van der Waals surface area contributed by atoms with Crippen LogP contribution in [0.5, 0.6) is 5.75 Å². The van der Waals surface area contributed by atoms with Crippen LogP contribution >= 0.6 is 11.6 Å². The Kier molecular flexibility index (Phi) is 2.88. The molecule has 0 aliphatic heterocycles. The first-order valence-electron chi connectivity index (χ1n) is 5.13. The van der Waals surface area contributed by atoms with Crippen molar-refractivity contribution >= 4 is 11.6 Å². The van der Waals surface area contributed by atoms with Crippen molar-refractivity contribution in [2.24, 2.45) is 0 Å². The van der Waals surface area contributed by atoms with E-state index in [0.29, 0.717) is 11.1 Å². The fraction of sp³-hybridized carbons (Fsp3) is 0.250. The van der Waals surface area contributed by atoms with E-state index < -0.39 is 0 Å². The Bertz CT molecular complexity index is 488. The molecule has 0 bridgehead atoms. The maximum atomic E-state index is 9.20. The van der Waals surface area contributed by atoms with E-state index in [-0.39, 0.29) is 5.75 Å². The van der Waals surface area contributed by atoms with Crippen LogP contribution in [-0.4, -0.2) is 14.9 Å². The van der Waals surface area contributed by atoms with E-state index in [2.05, 4.69) is 18.9 Å². The molecule has 2 rings (SSSR count). The van der Waals surface area contributed by atoms with E-state index in [9.17, 15) is 5.11 Å². The number of hydrogen-bond donors (Lipinski definition) is 1. The Hall–Kier alpha value is -1.48. The number of phenolic OH excluding ortho intramolecular Hbond substituents is 1. The summed E-state index contributed by atoms with van der Waals surface area (Å²) in [7, 11) is 0. The Balaban J connectivity index is 2.44. The predicted molar refractivity (Wildman–Crippen MR) is 64.3 cm³/mol. The second-order valence-electron chi connectivity index (χ2n) is 3.97. The van der Waals surface area contributed by atoms with Gasteiger partial charge in [0.15, 0.2) is 0 Å². The van der Waals surface area contributed by atoms with Gasteiger partial charge in [-0.2, -0.15) is 5.10 Å². The summed E-state index contributed by atoms with van der Waals surface area (Å²) in [6.07, 6.45) is 0. The van der Waals surface area contributed by atoms with Crippen LogP contribution in [0, 0.1) is 0 Å². The van der Waals surface area contributed by atoms with Crippen molar-refractivity contribution in [2.75, 3.05) is 0 Å². The molecule has 16 heavy (non-hydrogen) atoms. The zero-order valence-electron chi connectivity index (χ0n) is 9.18. The molecule has 0 aliphatic rings. The minimum Gasteiger partial charge on any atom is -0.508 e. The third kappa shape index (κ3) is 2.04. The van der Waals surface area contributed by atoms with E-state index in [4.69, 9.17) is 11.6 Å². The topological polar surface area (TPSA) is 38.0 Å². The highest BCUT2D eigenvalue weighted by molar-refractivity contribution is 6.29. The summed E-state index contributed by atoms with van der Waals surface area (Å²) in [5.74, 6) is 0.576. The molecule has 1 heterocycles. The number of benzene rings is 1. The van der Waals surface area contributed by atoms with Crippen LogP contribution < -0.4 is 0 Å². The zero-order chi connectivity index (χ0) is 11.7. The number of aromatic nitrogens is 2. The molecule has 84 valence electrons. The summed E-state index contributed by atoms with van der Waals surface area (Å²) in [6, 6.07) is 8.64. The van der Waals surface area contributed by atoms with Crippen molar-refractivity contribution < 1.29 is 5.11 Å². The fourth-order valence-corrected chi connectivity index (χ4v) is 1.68. The molecule has 0 unspecified atom stereocenters. The molecule has 4 heteroatoms. The monoisotopic (exact) mass is 236 g/mol. The Labute approximate surface area is 99.3 Å². The first-order valence-corrected chi connectivity index (χ1v) is 5.50. The molecule has 0 amide bonds. The zero-order valence-corrected chi connectivity index (χ0v) is 9.94. The molecule has 1 aromatic carbocycles. The smallest absolute Gasteiger partial charge is 0.133 e. The van der Waals surface area contributed by atoms with Crippen LogP contribution in [0.25, 0.3) is 5.69 Å². The number of nitrogens with zero attached hydrogens (tertiary/aromatic N) is 2. The van der Waals surface area contributed by atoms with Crippen LogP contribution in [0.15, 0.2) is 30.3 Å². The Morgan fingerprint density at radius 1 is 1.25 bits per heavy atom. The SMILES string of the molecule is CC(C)c1cc(Cl)n(-c2ccc(O)cc2)n1. The summed E-state index contributed by atoms with van der Waals surface area (Å²) in [6.45, 7) is 4.14. The van der Waals surface area contributed by atoms with Gasteiger partial charge in [-0.3, -0.25) is 0 Å². The van der Waals surface area contributed by atoms with Gasteiger partial charge in [0.1, 0.15) is 10.9 Å². The molecule has 0 fully saturated rings. The fourth-order valence-electron chi connectivity index (χ4n) is 1.43. The van der Waals surface area contributed by atoms with Crippen LogP contribution in [0.2, 0.25) is 5.15 Å². The molecule has 0 aliphatic carbocycles. The minimum absolute atomic E-state index is 0.233. The van der Waals surface area contributed by atoms with Crippen molar-refractivity contribution in [2.45, 2.75) is 19.8 Å². The van der Waals surface area contributed by atoms with Crippen molar-refractivity contribution in [3.63, 3.8) is 0 Å². The van der Waals surface area contributed by atoms with Gasteiger partial charge in [-0.05, 0) is 36.2 Å². The Morgan fingerprint density at radius 2 is 1.88 bits per heavy atom. The lowest BCUT2D eigenvalue weighted by Gasteiger charge is -2.03. The molecule has 0 saturated carbocycles. The van der Waals surface area contributed by atoms with Crippen molar-refractivity contribution in [1.29, 1.82) is 0 Å². The number of halogens is 1. The van der Waals surface area contributed by atoms with E-state index in [1.165, 1.54) is 0 Å². The molecule has 0 radical (unpaired) electrons. The van der Waals surface area contributed by atoms with Gasteiger partial charge in [-0.15, -0.1) is 0 Å². The molecule has 1 N–H and O–H groups in total. The summed E-state index contributed by atoms with van der Waals surface area (Å²) in [5.41, 5.74) is 1.80. The molecule has 3 nitrogen and oxygen atoms in total. The van der Waals surface area contributed by atoms with Gasteiger partial charge in [0.25, 0.3) is 0 Å². The average Bonchev–Trinajstić information content (AvgIpc) is 2.62. The molecule has 2 aromatic rings. The lowest BCUT2D eigenvalue weighted by atomic mass is 10.1. The quantitative estimate of drug-likeness (QED) is 0.868. The van der Waals surface area contributed by atoms with Gasteiger partial charge < -0.3 is 5.11 Å². The van der Waals surface area contributed by atoms with E-state index in [0.717, 1.165) is 11.4 Å². The first-order chi connectivity index (χ1) is 7.58. The number of hydrogen-bond acceptors (Lipinski definition) is 2. The third-order valence-corrected chi connectivity index (χ3v) is 2.64. The highest BCUT2D eigenvalue weighted by atomic mass is 35.5. The number of aromatic hydroxyl groups is 1. The minimum atomic E-state index is 0.233. The number of rotatable bonds is 2. The summed E-state index contributed by atoms with van der Waals surface area (Å²) in [4.78, 5) is 0. The van der Waals surface area contributed by atoms with E-state index >= 15 is 0 Å². The normalized spacial score (nSPS) is 11.0. The maximum absolute atomic E-state index is 9.20.